The molecule has 0 aromatic carbocycles. The molecule has 0 atom stereocenters. The van der Waals surface area contributed by atoms with E-state index in [1.165, 1.54) is 360 Å². The quantitative estimate of drug-likeness (QED) is 0.0303. The van der Waals surface area contributed by atoms with Gasteiger partial charge in [0.1, 0.15) is 0 Å². The van der Waals surface area contributed by atoms with Crippen molar-refractivity contribution < 1.29 is 51.8 Å². The standard InChI is InChI=1S/C17H38N2O.C17H36.C15H34N2.2C11H24.C5H12.2CH4.8H2O.2H2/c1-4-5-6-8-11-14-19(18)15-12-9-7-10-13-17(2,3)16-20;1-3-5-7-9-11-13-15-17-16-14-12-10-8-6-4-2;1-3-5-7-9-11-13-15-17(16)14-12-10-8-6-4-2;2*1-3-5-7-9-11-10-8-6-4-2;1-3-5-4-2;;;;;;;;;;;;/h20H,4-16,18H2,1-3H3;3-17H2,1-2H3;3-16H2,1-2H3;2*3-11H2,1-2H3;3-5H2,1-2H3;2*1H4;8*1H2;2*1H. The third-order valence-electron chi connectivity index (χ3n) is 16.2. The molecule has 0 aromatic rings. The fraction of sp³-hybridized carbons (Fsp3) is 1.00. The Hall–Kier alpha value is -0.520. The lowest BCUT2D eigenvalue weighted by Crippen LogP contribution is -2.32. The Balaban J connectivity index is -0.0000000455. The molecule has 0 spiro atoms. The molecule has 91 heavy (non-hydrogen) atoms. The summed E-state index contributed by atoms with van der Waals surface area (Å²) in [4.78, 5) is 0. The Morgan fingerprint density at radius 2 is 0.341 bits per heavy atom. The lowest BCUT2D eigenvalue weighted by molar-refractivity contribution is 0.147. The predicted octanol–water partition coefficient (Wildman–Crippen LogP) is 21.9. The van der Waals surface area contributed by atoms with E-state index in [-0.39, 0.29) is 66.9 Å². The Morgan fingerprint density at radius 3 is 0.462 bits per heavy atom. The smallest absolute Gasteiger partial charge is 0.0482 e. The lowest BCUT2D eigenvalue weighted by atomic mass is 9.88. The van der Waals surface area contributed by atoms with Crippen molar-refractivity contribution in [3.05, 3.63) is 0 Å². The van der Waals surface area contributed by atoms with Gasteiger partial charge < -0.3 is 48.9 Å². The summed E-state index contributed by atoms with van der Waals surface area (Å²) in [5, 5.41) is 13.2. The molecule has 0 heterocycles. The average Bonchev–Trinajstić information content (AvgIpc) is 3.55. The first-order chi connectivity index (χ1) is 39.5. The van der Waals surface area contributed by atoms with E-state index >= 15 is 0 Å². The average molecular weight is 1330 g/mol. The zero-order valence-electron chi connectivity index (χ0n) is 63.8. The Labute approximate surface area is 580 Å². The van der Waals surface area contributed by atoms with Crippen molar-refractivity contribution in [2.24, 2.45) is 17.1 Å². The molecule has 13 nitrogen and oxygen atoms in total. The van der Waals surface area contributed by atoms with Crippen LogP contribution in [0.2, 0.25) is 0 Å². The van der Waals surface area contributed by atoms with E-state index in [0.717, 1.165) is 32.6 Å². The summed E-state index contributed by atoms with van der Waals surface area (Å²) in [5.74, 6) is 12.0. The molecule has 0 rings (SSSR count). The highest BCUT2D eigenvalue weighted by atomic mass is 16.3. The van der Waals surface area contributed by atoms with Gasteiger partial charge in [0, 0.05) is 35.6 Å². The van der Waals surface area contributed by atoms with Crippen LogP contribution in [-0.2, 0) is 0 Å². The molecule has 0 saturated heterocycles. The summed E-state index contributed by atoms with van der Waals surface area (Å²) in [6.07, 6.45) is 79.3. The number of nitrogens with two attached hydrogens (primary N) is 2. The van der Waals surface area contributed by atoms with Gasteiger partial charge in [-0.25, -0.2) is 10.0 Å². The van der Waals surface area contributed by atoms with Crippen LogP contribution in [0.1, 0.15) is 474 Å². The minimum atomic E-state index is 0. The van der Waals surface area contributed by atoms with Gasteiger partial charge >= 0.3 is 0 Å². The number of hydrazine groups is 2. The Bertz CT molecular complexity index is 944. The largest absolute Gasteiger partial charge is 0.412 e. The normalized spacial score (nSPS) is 9.82. The molecule has 0 aromatic heterocycles. The number of nitrogens with zero attached hydrogens (tertiary/aromatic N) is 2. The van der Waals surface area contributed by atoms with E-state index in [4.69, 9.17) is 11.7 Å². The van der Waals surface area contributed by atoms with Gasteiger partial charge in [0.2, 0.25) is 0 Å². The van der Waals surface area contributed by atoms with Crippen molar-refractivity contribution in [1.29, 1.82) is 0 Å². The number of aliphatic hydroxyl groups excluding tert-OH is 1. The first-order valence-corrected chi connectivity index (χ1v) is 38.1. The van der Waals surface area contributed by atoms with E-state index in [1.807, 2.05) is 10.0 Å². The molecule has 0 fully saturated rings. The molecule has 0 bridgehead atoms. The van der Waals surface area contributed by atoms with Crippen molar-refractivity contribution in [3.63, 3.8) is 0 Å². The predicted molar refractivity (Wildman–Crippen MR) is 425 cm³/mol. The van der Waals surface area contributed by atoms with E-state index < -0.39 is 0 Å². The number of aliphatic hydroxyl groups is 1. The third kappa shape index (κ3) is 155. The maximum absolute atomic E-state index is 9.18. The van der Waals surface area contributed by atoms with Gasteiger partial charge in [-0.05, 0) is 37.5 Å². The van der Waals surface area contributed by atoms with Crippen LogP contribution >= 0.6 is 0 Å². The Kier molecular flexibility index (Phi) is 186. The van der Waals surface area contributed by atoms with E-state index in [2.05, 4.69) is 90.0 Å². The van der Waals surface area contributed by atoms with Crippen molar-refractivity contribution in [2.45, 2.75) is 471 Å². The van der Waals surface area contributed by atoms with Crippen molar-refractivity contribution >= 4 is 0 Å². The summed E-state index contributed by atoms with van der Waals surface area (Å²) in [7, 11) is 0. The highest BCUT2D eigenvalue weighted by Gasteiger charge is 2.15. The maximum Gasteiger partial charge on any atom is 0.0482 e. The third-order valence-corrected chi connectivity index (χ3v) is 16.2. The number of hydrogen-bond acceptors (Lipinski definition) is 5. The minimum absolute atomic E-state index is 0. The van der Waals surface area contributed by atoms with Gasteiger partial charge in [-0.3, -0.25) is 11.7 Å². The molecule has 13 heteroatoms. The molecule has 0 radical (unpaired) electrons. The highest BCUT2D eigenvalue weighted by molar-refractivity contribution is 4.66. The molecular weight excluding hydrogens is 1140 g/mol. The van der Waals surface area contributed by atoms with E-state index in [1.54, 1.807) is 0 Å². The van der Waals surface area contributed by atoms with Crippen LogP contribution in [0.5, 0.6) is 0 Å². The van der Waals surface area contributed by atoms with Crippen LogP contribution in [0, 0.1) is 5.41 Å². The molecule has 0 amide bonds. The van der Waals surface area contributed by atoms with Crippen LogP contribution in [0.25, 0.3) is 0 Å². The van der Waals surface area contributed by atoms with Gasteiger partial charge in [0.15, 0.2) is 0 Å². The number of unbranched alkanes of at least 4 members (excludes halogenated alkanes) is 48. The molecule has 0 aliphatic heterocycles. The molecule has 0 unspecified atom stereocenters. The number of hydrogen-bond donors (Lipinski definition) is 3. The number of rotatable bonds is 59. The highest BCUT2D eigenvalue weighted by Crippen LogP contribution is 2.23. The summed E-state index contributed by atoms with van der Waals surface area (Å²) in [6.45, 7) is 33.7. The first-order valence-electron chi connectivity index (χ1n) is 38.1. The zero-order valence-corrected chi connectivity index (χ0v) is 63.8. The summed E-state index contributed by atoms with van der Waals surface area (Å²) >= 11 is 0. The molecule has 582 valence electrons. The topological polar surface area (TPSA) is 331 Å². The molecule has 0 saturated carbocycles. The minimum Gasteiger partial charge on any atom is -0.412 e. The summed E-state index contributed by atoms with van der Waals surface area (Å²) < 4.78 is 0. The fourth-order valence-corrected chi connectivity index (χ4v) is 10.1. The van der Waals surface area contributed by atoms with Crippen LogP contribution in [-0.4, -0.2) is 91.7 Å². The Morgan fingerprint density at radius 1 is 0.220 bits per heavy atom. The van der Waals surface area contributed by atoms with Crippen LogP contribution in [0.3, 0.4) is 0 Å². The summed E-state index contributed by atoms with van der Waals surface area (Å²) in [6, 6.07) is 0. The second kappa shape index (κ2) is 130. The molecule has 0 aliphatic carbocycles. The van der Waals surface area contributed by atoms with Crippen molar-refractivity contribution in [2.75, 3.05) is 32.8 Å². The zero-order chi connectivity index (χ0) is 61.5. The second-order valence-electron chi connectivity index (χ2n) is 26.1. The van der Waals surface area contributed by atoms with Gasteiger partial charge in [-0.15, -0.1) is 0 Å². The first kappa shape index (κ1) is 131. The second-order valence-corrected chi connectivity index (χ2v) is 26.1. The van der Waals surface area contributed by atoms with E-state index in [0.29, 0.717) is 6.61 Å². The molecule has 0 aliphatic rings. The molecule has 21 N–H and O–H groups in total. The van der Waals surface area contributed by atoms with Gasteiger partial charge in [0.05, 0.1) is 0 Å². The lowest BCUT2D eigenvalue weighted by Gasteiger charge is -2.21. The maximum atomic E-state index is 9.18. The van der Waals surface area contributed by atoms with Crippen LogP contribution in [0.15, 0.2) is 0 Å². The SMILES string of the molecule is C.C.CCCCC.CCCCCCCCCCC.CCCCCCCCCCC.CCCCCCCCCCCCCCCCC.CCCCCCCCN(N)CCCCCCC.CCCCCCCN(N)CCCCCCC(C)(C)CO.O.O.O.O.O.O.O.O.[HH].[HH]. The van der Waals surface area contributed by atoms with Crippen molar-refractivity contribution in [3.8, 4) is 0 Å². The fourth-order valence-electron chi connectivity index (χ4n) is 10.1. The van der Waals surface area contributed by atoms with E-state index in [9.17, 15) is 5.11 Å². The molecular formula is C78H196N4O9. The van der Waals surface area contributed by atoms with Crippen molar-refractivity contribution in [1.82, 2.24) is 10.0 Å². The monoisotopic (exact) mass is 1330 g/mol. The van der Waals surface area contributed by atoms with Gasteiger partial charge in [0.25, 0.3) is 0 Å². The van der Waals surface area contributed by atoms with Gasteiger partial charge in [-0.1, -0.05) is 439 Å². The summed E-state index contributed by atoms with van der Waals surface area (Å²) in [5.41, 5.74) is 0.0956. The van der Waals surface area contributed by atoms with Crippen LogP contribution < -0.4 is 11.7 Å². The van der Waals surface area contributed by atoms with Crippen LogP contribution in [0.4, 0.5) is 0 Å². The van der Waals surface area contributed by atoms with Gasteiger partial charge in [-0.2, -0.15) is 0 Å².